The number of ether oxygens (including phenoxy) is 2. The minimum atomic E-state index is -0.465. The Morgan fingerprint density at radius 3 is 1.32 bits per heavy atom. The minimum Gasteiger partial charge on any atom is -0.423 e. The predicted molar refractivity (Wildman–Crippen MR) is 169 cm³/mol. The number of halogens is 2. The highest BCUT2D eigenvalue weighted by Gasteiger charge is 2.21. The summed E-state index contributed by atoms with van der Waals surface area (Å²) in [6.07, 6.45) is 0.361. The second kappa shape index (κ2) is 11.7. The van der Waals surface area contributed by atoms with Crippen LogP contribution in [0.4, 0.5) is 0 Å². The summed E-state index contributed by atoms with van der Waals surface area (Å²) in [5.41, 5.74) is 2.50. The van der Waals surface area contributed by atoms with Crippen molar-refractivity contribution >= 4 is 65.3 Å². The van der Waals surface area contributed by atoms with Crippen LogP contribution < -0.4 is 9.47 Å². The number of carbonyl (C=O) groups excluding carboxylic acids is 2. The van der Waals surface area contributed by atoms with E-state index >= 15 is 0 Å². The van der Waals surface area contributed by atoms with Gasteiger partial charge in [0.05, 0.1) is 11.1 Å². The Kier molecular flexibility index (Phi) is 7.68. The van der Waals surface area contributed by atoms with Crippen LogP contribution in [-0.4, -0.2) is 11.9 Å². The number of fused-ring (bicyclic) bond motifs is 2. The van der Waals surface area contributed by atoms with Crippen LogP contribution in [0.5, 0.6) is 11.5 Å². The molecule has 0 aliphatic carbocycles. The number of hydrogen-bond acceptors (Lipinski definition) is 4. The molecular formula is C35H22Br2O4. The molecule has 0 aliphatic rings. The van der Waals surface area contributed by atoms with Gasteiger partial charge in [-0.05, 0) is 89.8 Å². The summed E-state index contributed by atoms with van der Waals surface area (Å²) in [5, 5.41) is 3.91. The summed E-state index contributed by atoms with van der Waals surface area (Å²) < 4.78 is 13.4. The lowest BCUT2D eigenvalue weighted by Crippen LogP contribution is -2.12. The highest BCUT2D eigenvalue weighted by Crippen LogP contribution is 2.37. The highest BCUT2D eigenvalue weighted by molar-refractivity contribution is 9.10. The van der Waals surface area contributed by atoms with Gasteiger partial charge in [0.1, 0.15) is 11.5 Å². The lowest BCUT2D eigenvalue weighted by Gasteiger charge is -2.18. The minimum absolute atomic E-state index is 0.361. The lowest BCUT2D eigenvalue weighted by atomic mass is 9.93. The monoisotopic (exact) mass is 664 g/mol. The van der Waals surface area contributed by atoms with E-state index in [2.05, 4.69) is 31.9 Å². The van der Waals surface area contributed by atoms with Gasteiger partial charge in [0.2, 0.25) is 0 Å². The van der Waals surface area contributed by atoms with Crippen molar-refractivity contribution in [1.82, 2.24) is 0 Å². The molecule has 0 radical (unpaired) electrons. The van der Waals surface area contributed by atoms with E-state index < -0.39 is 11.9 Å². The van der Waals surface area contributed by atoms with Crippen molar-refractivity contribution in [3.8, 4) is 11.5 Å². The molecule has 6 heteroatoms. The van der Waals surface area contributed by atoms with Crippen LogP contribution >= 0.6 is 31.9 Å². The van der Waals surface area contributed by atoms with Crippen molar-refractivity contribution in [1.29, 1.82) is 0 Å². The molecular weight excluding hydrogens is 644 g/mol. The van der Waals surface area contributed by atoms with Crippen molar-refractivity contribution in [3.05, 3.63) is 153 Å². The average Bonchev–Trinajstić information content (AvgIpc) is 2.99. The van der Waals surface area contributed by atoms with Gasteiger partial charge in [-0.25, -0.2) is 9.59 Å². The number of hydrogen-bond donors (Lipinski definition) is 0. The van der Waals surface area contributed by atoms with E-state index in [9.17, 15) is 9.59 Å². The zero-order valence-electron chi connectivity index (χ0n) is 21.6. The first kappa shape index (κ1) is 26.9. The third-order valence-corrected chi connectivity index (χ3v) is 8.32. The van der Waals surface area contributed by atoms with Crippen molar-refractivity contribution < 1.29 is 19.1 Å². The summed E-state index contributed by atoms with van der Waals surface area (Å²) in [7, 11) is 0. The second-order valence-electron chi connectivity index (χ2n) is 9.44. The molecule has 41 heavy (non-hydrogen) atoms. The molecule has 0 saturated heterocycles. The molecule has 0 bridgehead atoms. The molecule has 0 amide bonds. The second-order valence-corrected chi connectivity index (χ2v) is 11.2. The van der Waals surface area contributed by atoms with E-state index in [4.69, 9.17) is 9.47 Å². The van der Waals surface area contributed by atoms with Crippen molar-refractivity contribution in [2.45, 2.75) is 6.42 Å². The number of esters is 2. The Morgan fingerprint density at radius 1 is 0.488 bits per heavy atom. The van der Waals surface area contributed by atoms with Crippen LogP contribution in [0.25, 0.3) is 21.5 Å². The fourth-order valence-corrected chi connectivity index (χ4v) is 5.82. The molecule has 0 atom stereocenters. The topological polar surface area (TPSA) is 52.6 Å². The third-order valence-electron chi connectivity index (χ3n) is 6.94. The van der Waals surface area contributed by atoms with Crippen molar-refractivity contribution in [2.24, 2.45) is 0 Å². The van der Waals surface area contributed by atoms with Crippen LogP contribution in [0, 0.1) is 0 Å². The number of carbonyl (C=O) groups is 2. The van der Waals surface area contributed by atoms with Gasteiger partial charge in [-0.2, -0.15) is 0 Å². The first-order valence-corrected chi connectivity index (χ1v) is 14.5. The normalized spacial score (nSPS) is 11.0. The van der Waals surface area contributed by atoms with Crippen molar-refractivity contribution in [2.75, 3.05) is 0 Å². The summed E-state index contributed by atoms with van der Waals surface area (Å²) in [5.74, 6) is -0.0408. The van der Waals surface area contributed by atoms with Gasteiger partial charge in [0.25, 0.3) is 0 Å². The van der Waals surface area contributed by atoms with E-state index in [1.807, 2.05) is 84.9 Å². The Morgan fingerprint density at radius 2 is 0.878 bits per heavy atom. The third kappa shape index (κ3) is 5.53. The molecule has 0 heterocycles. The zero-order chi connectivity index (χ0) is 28.3. The molecule has 0 N–H and O–H groups in total. The predicted octanol–water partition coefficient (Wildman–Crippen LogP) is 9.55. The maximum Gasteiger partial charge on any atom is 0.344 e. The van der Waals surface area contributed by atoms with Crippen LogP contribution in [0.15, 0.2) is 130 Å². The van der Waals surface area contributed by atoms with Crippen LogP contribution in [0.2, 0.25) is 0 Å². The average molecular weight is 666 g/mol. The molecule has 0 saturated carbocycles. The molecule has 0 unspecified atom stereocenters. The number of benzene rings is 6. The van der Waals surface area contributed by atoms with E-state index in [1.54, 1.807) is 36.4 Å². The van der Waals surface area contributed by atoms with Crippen LogP contribution in [0.3, 0.4) is 0 Å². The van der Waals surface area contributed by atoms with Crippen LogP contribution in [-0.2, 0) is 6.42 Å². The molecule has 0 aromatic heterocycles. The Balaban J connectivity index is 1.48. The van der Waals surface area contributed by atoms with E-state index in [0.29, 0.717) is 38.0 Å². The van der Waals surface area contributed by atoms with Gasteiger partial charge in [-0.3, -0.25) is 0 Å². The van der Waals surface area contributed by atoms with E-state index in [1.165, 1.54) is 0 Å². The first-order chi connectivity index (χ1) is 20.0. The van der Waals surface area contributed by atoms with E-state index in [-0.39, 0.29) is 0 Å². The fourth-order valence-electron chi connectivity index (χ4n) is 4.93. The fraction of sp³-hybridized carbons (Fsp3) is 0.0286. The highest BCUT2D eigenvalue weighted by atomic mass is 79.9. The lowest BCUT2D eigenvalue weighted by molar-refractivity contribution is 0.0725. The molecule has 6 aromatic rings. The Hall–Kier alpha value is -4.26. The van der Waals surface area contributed by atoms with Gasteiger partial charge in [0.15, 0.2) is 0 Å². The van der Waals surface area contributed by atoms with Gasteiger partial charge < -0.3 is 9.47 Å². The maximum atomic E-state index is 13.3. The molecule has 4 nitrogen and oxygen atoms in total. The quantitative estimate of drug-likeness (QED) is 0.131. The Labute approximate surface area is 253 Å². The van der Waals surface area contributed by atoms with Crippen LogP contribution in [0.1, 0.15) is 31.8 Å². The van der Waals surface area contributed by atoms with Gasteiger partial charge in [-0.15, -0.1) is 0 Å². The summed E-state index contributed by atoms with van der Waals surface area (Å²) >= 11 is 6.91. The molecule has 200 valence electrons. The van der Waals surface area contributed by atoms with Gasteiger partial charge in [0, 0.05) is 26.5 Å². The zero-order valence-corrected chi connectivity index (χ0v) is 24.8. The standard InChI is InChI=1S/C35H22Br2O4/c36-30-15-7-5-13-26(30)34(38)40-32-19-17-22-9-1-3-11-24(22)28(32)21-29-25-12-4-2-10-23(25)18-20-33(29)41-35(39)27-14-6-8-16-31(27)37/h1-20H,21H2. The molecule has 6 rings (SSSR count). The summed E-state index contributed by atoms with van der Waals surface area (Å²) in [4.78, 5) is 26.5. The van der Waals surface area contributed by atoms with Gasteiger partial charge >= 0.3 is 11.9 Å². The van der Waals surface area contributed by atoms with Crippen molar-refractivity contribution in [3.63, 3.8) is 0 Å². The largest absolute Gasteiger partial charge is 0.423 e. The first-order valence-electron chi connectivity index (χ1n) is 12.9. The molecule has 6 aromatic carbocycles. The van der Waals surface area contributed by atoms with Gasteiger partial charge in [-0.1, -0.05) is 84.9 Å². The maximum absolute atomic E-state index is 13.3. The Bertz CT molecular complexity index is 1810. The SMILES string of the molecule is O=C(Oc1ccc2ccccc2c1Cc1c(OC(=O)c2ccccc2Br)ccc2ccccc12)c1ccccc1Br. The summed E-state index contributed by atoms with van der Waals surface area (Å²) in [6, 6.07) is 37.8. The smallest absolute Gasteiger partial charge is 0.344 e. The number of rotatable bonds is 6. The summed E-state index contributed by atoms with van der Waals surface area (Å²) in [6.45, 7) is 0. The van der Waals surface area contributed by atoms with E-state index in [0.717, 1.165) is 32.7 Å². The molecule has 0 fully saturated rings. The molecule has 0 aliphatic heterocycles. The molecule has 0 spiro atoms.